The van der Waals surface area contributed by atoms with Gasteiger partial charge in [0.15, 0.2) is 0 Å². The summed E-state index contributed by atoms with van der Waals surface area (Å²) in [6.07, 6.45) is 0.133. The lowest BCUT2D eigenvalue weighted by Gasteiger charge is -2.12. The van der Waals surface area contributed by atoms with Crippen molar-refractivity contribution in [2.75, 3.05) is 6.61 Å². The van der Waals surface area contributed by atoms with Crippen LogP contribution in [0, 0.1) is 6.92 Å². The standard InChI is InChI=1S/C16H18O2/c1-13-6-5-9-15(12-13)18-11-10-16(17)14-7-3-2-4-8-14/h2-9,12,16-17H,10-11H2,1H3. The SMILES string of the molecule is Cc1cccc(OCCC(O)c2ccccc2)c1. The first kappa shape index (κ1) is 12.7. The molecule has 0 heterocycles. The van der Waals surface area contributed by atoms with Crippen LogP contribution in [0.25, 0.3) is 0 Å². The van der Waals surface area contributed by atoms with Gasteiger partial charge in [-0.15, -0.1) is 0 Å². The van der Waals surface area contributed by atoms with Gasteiger partial charge in [0.1, 0.15) is 5.75 Å². The number of aliphatic hydroxyl groups excluding tert-OH is 1. The Morgan fingerprint density at radius 1 is 1.06 bits per heavy atom. The third-order valence-electron chi connectivity index (χ3n) is 2.83. The number of aliphatic hydroxyl groups is 1. The van der Waals surface area contributed by atoms with Gasteiger partial charge in [-0.1, -0.05) is 42.5 Å². The van der Waals surface area contributed by atoms with Crippen LogP contribution in [0.5, 0.6) is 5.75 Å². The van der Waals surface area contributed by atoms with E-state index in [1.807, 2.05) is 61.5 Å². The summed E-state index contributed by atoms with van der Waals surface area (Å²) < 4.78 is 5.62. The molecule has 0 aliphatic carbocycles. The minimum absolute atomic E-state index is 0.462. The van der Waals surface area contributed by atoms with Crippen LogP contribution in [-0.2, 0) is 0 Å². The lowest BCUT2D eigenvalue weighted by atomic mass is 10.1. The van der Waals surface area contributed by atoms with Gasteiger partial charge in [-0.2, -0.15) is 0 Å². The van der Waals surface area contributed by atoms with Crippen LogP contribution >= 0.6 is 0 Å². The van der Waals surface area contributed by atoms with Gasteiger partial charge in [0, 0.05) is 6.42 Å². The molecule has 2 rings (SSSR count). The zero-order chi connectivity index (χ0) is 12.8. The molecule has 0 radical (unpaired) electrons. The molecule has 94 valence electrons. The van der Waals surface area contributed by atoms with Crippen LogP contribution < -0.4 is 4.74 Å². The summed E-state index contributed by atoms with van der Waals surface area (Å²) in [5.41, 5.74) is 2.11. The van der Waals surface area contributed by atoms with Gasteiger partial charge < -0.3 is 9.84 Å². The van der Waals surface area contributed by atoms with Gasteiger partial charge in [0.05, 0.1) is 12.7 Å². The van der Waals surface area contributed by atoms with E-state index in [-0.39, 0.29) is 0 Å². The van der Waals surface area contributed by atoms with Gasteiger partial charge in [-0.3, -0.25) is 0 Å². The van der Waals surface area contributed by atoms with Crippen LogP contribution in [0.2, 0.25) is 0 Å². The Balaban J connectivity index is 1.82. The van der Waals surface area contributed by atoms with Crippen LogP contribution in [0.4, 0.5) is 0 Å². The van der Waals surface area contributed by atoms with Crippen molar-refractivity contribution in [1.82, 2.24) is 0 Å². The van der Waals surface area contributed by atoms with Crippen LogP contribution in [0.15, 0.2) is 54.6 Å². The minimum atomic E-state index is -0.462. The van der Waals surface area contributed by atoms with Crippen molar-refractivity contribution in [2.24, 2.45) is 0 Å². The highest BCUT2D eigenvalue weighted by Crippen LogP contribution is 2.17. The van der Waals surface area contributed by atoms with Gasteiger partial charge in [0.25, 0.3) is 0 Å². The van der Waals surface area contributed by atoms with Gasteiger partial charge in [-0.25, -0.2) is 0 Å². The van der Waals surface area contributed by atoms with E-state index in [9.17, 15) is 5.11 Å². The molecule has 2 heteroatoms. The molecule has 1 atom stereocenters. The van der Waals surface area contributed by atoms with Crippen molar-refractivity contribution in [2.45, 2.75) is 19.4 Å². The summed E-state index contributed by atoms with van der Waals surface area (Å²) in [4.78, 5) is 0. The maximum Gasteiger partial charge on any atom is 0.119 e. The summed E-state index contributed by atoms with van der Waals surface area (Å²) in [6.45, 7) is 2.55. The number of hydrogen-bond acceptors (Lipinski definition) is 2. The largest absolute Gasteiger partial charge is 0.493 e. The fraction of sp³-hybridized carbons (Fsp3) is 0.250. The first-order valence-electron chi connectivity index (χ1n) is 6.18. The highest BCUT2D eigenvalue weighted by Gasteiger charge is 2.06. The fourth-order valence-corrected chi connectivity index (χ4v) is 1.84. The number of hydrogen-bond donors (Lipinski definition) is 1. The van der Waals surface area contributed by atoms with E-state index in [0.29, 0.717) is 13.0 Å². The van der Waals surface area contributed by atoms with Crippen molar-refractivity contribution in [3.63, 3.8) is 0 Å². The number of ether oxygens (including phenoxy) is 1. The quantitative estimate of drug-likeness (QED) is 0.869. The zero-order valence-electron chi connectivity index (χ0n) is 10.5. The maximum atomic E-state index is 9.97. The Morgan fingerprint density at radius 3 is 2.56 bits per heavy atom. The Labute approximate surface area is 108 Å². The summed E-state index contributed by atoms with van der Waals surface area (Å²) >= 11 is 0. The predicted molar refractivity (Wildman–Crippen MR) is 72.7 cm³/mol. The van der Waals surface area contributed by atoms with E-state index in [1.165, 1.54) is 5.56 Å². The van der Waals surface area contributed by atoms with E-state index >= 15 is 0 Å². The second-order valence-corrected chi connectivity index (χ2v) is 4.38. The minimum Gasteiger partial charge on any atom is -0.493 e. The van der Waals surface area contributed by atoms with Crippen LogP contribution in [-0.4, -0.2) is 11.7 Å². The molecule has 0 amide bonds. The third-order valence-corrected chi connectivity index (χ3v) is 2.83. The molecule has 0 bridgehead atoms. The van der Waals surface area contributed by atoms with E-state index in [4.69, 9.17) is 4.74 Å². The second-order valence-electron chi connectivity index (χ2n) is 4.38. The smallest absolute Gasteiger partial charge is 0.119 e. The molecule has 1 unspecified atom stereocenters. The Hall–Kier alpha value is -1.80. The number of aryl methyl sites for hydroxylation is 1. The molecule has 0 aromatic heterocycles. The zero-order valence-corrected chi connectivity index (χ0v) is 10.5. The van der Waals surface area contributed by atoms with Crippen molar-refractivity contribution in [3.05, 3.63) is 65.7 Å². The van der Waals surface area contributed by atoms with Crippen LogP contribution in [0.3, 0.4) is 0 Å². The van der Waals surface area contributed by atoms with E-state index < -0.39 is 6.10 Å². The molecule has 2 aromatic rings. The molecular formula is C16H18O2. The molecule has 2 nitrogen and oxygen atoms in total. The van der Waals surface area contributed by atoms with Crippen molar-refractivity contribution in [1.29, 1.82) is 0 Å². The van der Waals surface area contributed by atoms with Gasteiger partial charge in [0.2, 0.25) is 0 Å². The highest BCUT2D eigenvalue weighted by molar-refractivity contribution is 5.27. The average molecular weight is 242 g/mol. The summed E-state index contributed by atoms with van der Waals surface area (Å²) in [6, 6.07) is 17.6. The highest BCUT2D eigenvalue weighted by atomic mass is 16.5. The molecule has 0 fully saturated rings. The van der Waals surface area contributed by atoms with Crippen molar-refractivity contribution in [3.8, 4) is 5.75 Å². The summed E-state index contributed by atoms with van der Waals surface area (Å²) in [5.74, 6) is 0.857. The summed E-state index contributed by atoms with van der Waals surface area (Å²) in [5, 5.41) is 9.97. The molecule has 0 aliphatic heterocycles. The lowest BCUT2D eigenvalue weighted by Crippen LogP contribution is -2.05. The summed E-state index contributed by atoms with van der Waals surface area (Å²) in [7, 11) is 0. The van der Waals surface area contributed by atoms with E-state index in [0.717, 1.165) is 11.3 Å². The molecule has 0 aliphatic rings. The van der Waals surface area contributed by atoms with Crippen molar-refractivity contribution < 1.29 is 9.84 Å². The normalized spacial score (nSPS) is 12.1. The first-order valence-corrected chi connectivity index (χ1v) is 6.18. The van der Waals surface area contributed by atoms with E-state index in [1.54, 1.807) is 0 Å². The van der Waals surface area contributed by atoms with E-state index in [2.05, 4.69) is 0 Å². The third kappa shape index (κ3) is 3.60. The van der Waals surface area contributed by atoms with Gasteiger partial charge >= 0.3 is 0 Å². The number of rotatable bonds is 5. The number of benzene rings is 2. The van der Waals surface area contributed by atoms with Crippen LogP contribution in [0.1, 0.15) is 23.7 Å². The molecule has 0 saturated carbocycles. The lowest BCUT2D eigenvalue weighted by molar-refractivity contribution is 0.141. The maximum absolute atomic E-state index is 9.97. The Kier molecular flexibility index (Phi) is 4.37. The monoisotopic (exact) mass is 242 g/mol. The average Bonchev–Trinajstić information content (AvgIpc) is 2.40. The Morgan fingerprint density at radius 2 is 1.83 bits per heavy atom. The Bertz CT molecular complexity index is 479. The topological polar surface area (TPSA) is 29.5 Å². The molecule has 2 aromatic carbocycles. The molecule has 18 heavy (non-hydrogen) atoms. The van der Waals surface area contributed by atoms with Crippen molar-refractivity contribution >= 4 is 0 Å². The molecule has 0 spiro atoms. The van der Waals surface area contributed by atoms with Gasteiger partial charge in [-0.05, 0) is 30.2 Å². The second kappa shape index (κ2) is 6.22. The first-order chi connectivity index (χ1) is 8.75. The predicted octanol–water partition coefficient (Wildman–Crippen LogP) is 3.50. The molecular weight excluding hydrogens is 224 g/mol. The molecule has 0 saturated heterocycles. The fourth-order valence-electron chi connectivity index (χ4n) is 1.84. The molecule has 1 N–H and O–H groups in total.